The molecule has 0 saturated carbocycles. The third kappa shape index (κ3) is 7.41. The predicted molar refractivity (Wildman–Crippen MR) is 109 cm³/mol. The van der Waals surface area contributed by atoms with E-state index in [1.807, 2.05) is 49.1 Å². The Kier molecular flexibility index (Phi) is 8.16. The number of piperazine rings is 1. The van der Waals surface area contributed by atoms with Gasteiger partial charge in [0.25, 0.3) is 0 Å². The minimum absolute atomic E-state index is 0.0235. The Morgan fingerprint density at radius 2 is 1.71 bits per heavy atom. The van der Waals surface area contributed by atoms with Crippen molar-refractivity contribution in [1.29, 1.82) is 0 Å². The molecule has 9 heteroatoms. The second-order valence-corrected chi connectivity index (χ2v) is 8.75. The standard InChI is InChI=1S/C19H28N4O4S/c1-16(2)21-18(24)14-20-19(25)15-22-9-11-23(12-10-22)28(26,27)13-8-17-6-4-3-5-7-17/h3-8,13,16H,9-12,14-15H2,1-2H3,(H,20,25)(H,21,24)/b13-8+. The van der Waals surface area contributed by atoms with E-state index in [0.717, 1.165) is 5.56 Å². The summed E-state index contributed by atoms with van der Waals surface area (Å²) in [6.45, 7) is 5.35. The lowest BCUT2D eigenvalue weighted by atomic mass is 10.2. The van der Waals surface area contributed by atoms with Crippen molar-refractivity contribution in [2.75, 3.05) is 39.3 Å². The number of nitrogens with zero attached hydrogens (tertiary/aromatic N) is 2. The molecule has 1 heterocycles. The monoisotopic (exact) mass is 408 g/mol. The zero-order valence-corrected chi connectivity index (χ0v) is 17.1. The van der Waals surface area contributed by atoms with E-state index in [-0.39, 0.29) is 30.9 Å². The van der Waals surface area contributed by atoms with E-state index in [1.165, 1.54) is 9.71 Å². The number of hydrogen-bond acceptors (Lipinski definition) is 5. The molecule has 1 aromatic carbocycles. The molecule has 8 nitrogen and oxygen atoms in total. The number of hydrogen-bond donors (Lipinski definition) is 2. The first-order valence-corrected chi connectivity index (χ1v) is 10.8. The quantitative estimate of drug-likeness (QED) is 0.642. The Hall–Kier alpha value is -2.23. The van der Waals surface area contributed by atoms with Crippen LogP contribution in [0, 0.1) is 0 Å². The summed E-state index contributed by atoms with van der Waals surface area (Å²) in [4.78, 5) is 25.4. The maximum absolute atomic E-state index is 12.5. The fourth-order valence-electron chi connectivity index (χ4n) is 2.77. The maximum Gasteiger partial charge on any atom is 0.239 e. The van der Waals surface area contributed by atoms with Crippen LogP contribution in [0.2, 0.25) is 0 Å². The summed E-state index contributed by atoms with van der Waals surface area (Å²) in [7, 11) is -3.49. The highest BCUT2D eigenvalue weighted by Crippen LogP contribution is 2.11. The molecule has 0 spiro atoms. The van der Waals surface area contributed by atoms with Gasteiger partial charge in [-0.15, -0.1) is 0 Å². The van der Waals surface area contributed by atoms with E-state index in [9.17, 15) is 18.0 Å². The number of nitrogens with one attached hydrogen (secondary N) is 2. The van der Waals surface area contributed by atoms with Gasteiger partial charge in [-0.05, 0) is 25.5 Å². The second-order valence-electron chi connectivity index (χ2n) is 6.93. The van der Waals surface area contributed by atoms with Gasteiger partial charge in [0.15, 0.2) is 0 Å². The van der Waals surface area contributed by atoms with Crippen LogP contribution in [0.25, 0.3) is 6.08 Å². The summed E-state index contributed by atoms with van der Waals surface area (Å²) in [5, 5.41) is 6.50. The lowest BCUT2D eigenvalue weighted by Gasteiger charge is -2.32. The fourth-order valence-corrected chi connectivity index (χ4v) is 3.94. The van der Waals surface area contributed by atoms with Crippen LogP contribution < -0.4 is 10.6 Å². The molecule has 0 radical (unpaired) electrons. The number of sulfonamides is 1. The van der Waals surface area contributed by atoms with Crippen molar-refractivity contribution in [3.63, 3.8) is 0 Å². The van der Waals surface area contributed by atoms with Gasteiger partial charge >= 0.3 is 0 Å². The van der Waals surface area contributed by atoms with Crippen LogP contribution in [-0.2, 0) is 19.6 Å². The first-order valence-electron chi connectivity index (χ1n) is 9.28. The van der Waals surface area contributed by atoms with Crippen molar-refractivity contribution >= 4 is 27.9 Å². The summed E-state index contributed by atoms with van der Waals surface area (Å²) < 4.78 is 26.3. The fraction of sp³-hybridized carbons (Fsp3) is 0.474. The first-order chi connectivity index (χ1) is 13.3. The molecule has 1 saturated heterocycles. The van der Waals surface area contributed by atoms with Gasteiger partial charge in [0.1, 0.15) is 0 Å². The van der Waals surface area contributed by atoms with Crippen LogP contribution >= 0.6 is 0 Å². The summed E-state index contributed by atoms with van der Waals surface area (Å²) in [6.07, 6.45) is 1.58. The molecule has 1 fully saturated rings. The number of amides is 2. The van der Waals surface area contributed by atoms with Crippen LogP contribution in [0.3, 0.4) is 0 Å². The number of benzene rings is 1. The van der Waals surface area contributed by atoms with Crippen molar-refractivity contribution < 1.29 is 18.0 Å². The summed E-state index contributed by atoms with van der Waals surface area (Å²) in [6, 6.07) is 9.27. The summed E-state index contributed by atoms with van der Waals surface area (Å²) >= 11 is 0. The Labute approximate surface area is 166 Å². The van der Waals surface area contributed by atoms with E-state index in [0.29, 0.717) is 26.2 Å². The summed E-state index contributed by atoms with van der Waals surface area (Å²) in [5.74, 6) is -0.483. The average Bonchev–Trinajstić information content (AvgIpc) is 2.66. The lowest BCUT2D eigenvalue weighted by molar-refractivity contribution is -0.127. The molecule has 0 aliphatic carbocycles. The first kappa shape index (κ1) is 22.1. The normalized spacial score (nSPS) is 16.4. The van der Waals surface area contributed by atoms with Crippen molar-refractivity contribution in [2.24, 2.45) is 0 Å². The highest BCUT2D eigenvalue weighted by molar-refractivity contribution is 7.92. The molecule has 2 N–H and O–H groups in total. The Bertz CT molecular complexity index is 785. The molecule has 0 unspecified atom stereocenters. The van der Waals surface area contributed by atoms with Gasteiger partial charge < -0.3 is 10.6 Å². The van der Waals surface area contributed by atoms with Gasteiger partial charge in [0, 0.05) is 37.6 Å². The molecule has 2 amide bonds. The number of carbonyl (C=O) groups is 2. The Morgan fingerprint density at radius 3 is 2.32 bits per heavy atom. The number of rotatable bonds is 8. The van der Waals surface area contributed by atoms with Crippen molar-refractivity contribution in [1.82, 2.24) is 19.8 Å². The third-order valence-corrected chi connectivity index (χ3v) is 5.75. The molecule has 0 aromatic heterocycles. The maximum atomic E-state index is 12.5. The van der Waals surface area contributed by atoms with Crippen LogP contribution in [0.15, 0.2) is 35.7 Å². The average molecular weight is 409 g/mol. The molecular weight excluding hydrogens is 380 g/mol. The van der Waals surface area contributed by atoms with Gasteiger partial charge in [-0.25, -0.2) is 8.42 Å². The topological polar surface area (TPSA) is 98.8 Å². The highest BCUT2D eigenvalue weighted by atomic mass is 32.2. The molecule has 1 aliphatic rings. The SMILES string of the molecule is CC(C)NC(=O)CNC(=O)CN1CCN(S(=O)(=O)/C=C/c2ccccc2)CC1. The van der Waals surface area contributed by atoms with Gasteiger partial charge in [0.05, 0.1) is 13.1 Å². The summed E-state index contributed by atoms with van der Waals surface area (Å²) in [5.41, 5.74) is 0.822. The minimum Gasteiger partial charge on any atom is -0.352 e. The van der Waals surface area contributed by atoms with Gasteiger partial charge in [-0.1, -0.05) is 30.3 Å². The molecule has 154 valence electrons. The third-order valence-electron chi connectivity index (χ3n) is 4.19. The Balaban J connectivity index is 1.76. The molecule has 1 aromatic rings. The molecule has 0 atom stereocenters. The van der Waals surface area contributed by atoms with E-state index in [1.54, 1.807) is 6.08 Å². The van der Waals surface area contributed by atoms with E-state index in [2.05, 4.69) is 10.6 Å². The zero-order valence-electron chi connectivity index (χ0n) is 16.3. The van der Waals surface area contributed by atoms with E-state index >= 15 is 0 Å². The lowest BCUT2D eigenvalue weighted by Crippen LogP contribution is -2.51. The van der Waals surface area contributed by atoms with Crippen molar-refractivity contribution in [2.45, 2.75) is 19.9 Å². The van der Waals surface area contributed by atoms with E-state index in [4.69, 9.17) is 0 Å². The van der Waals surface area contributed by atoms with Gasteiger partial charge in [-0.2, -0.15) is 4.31 Å². The molecule has 1 aliphatic heterocycles. The molecule has 2 rings (SSSR count). The van der Waals surface area contributed by atoms with Crippen molar-refractivity contribution in [3.8, 4) is 0 Å². The highest BCUT2D eigenvalue weighted by Gasteiger charge is 2.25. The smallest absolute Gasteiger partial charge is 0.239 e. The molecular formula is C19H28N4O4S. The van der Waals surface area contributed by atoms with Crippen LogP contribution in [0.5, 0.6) is 0 Å². The van der Waals surface area contributed by atoms with Crippen molar-refractivity contribution in [3.05, 3.63) is 41.3 Å². The largest absolute Gasteiger partial charge is 0.352 e. The van der Waals surface area contributed by atoms with Gasteiger partial charge in [0.2, 0.25) is 21.8 Å². The molecule has 28 heavy (non-hydrogen) atoms. The predicted octanol–water partition coefficient (Wildman–Crippen LogP) is 0.246. The van der Waals surface area contributed by atoms with E-state index < -0.39 is 10.0 Å². The second kappa shape index (κ2) is 10.4. The van der Waals surface area contributed by atoms with Crippen LogP contribution in [-0.4, -0.2) is 74.7 Å². The molecule has 0 bridgehead atoms. The van der Waals surface area contributed by atoms with Crippen LogP contribution in [0.1, 0.15) is 19.4 Å². The van der Waals surface area contributed by atoms with Gasteiger partial charge in [-0.3, -0.25) is 14.5 Å². The Morgan fingerprint density at radius 1 is 1.07 bits per heavy atom. The minimum atomic E-state index is -3.49. The van der Waals surface area contributed by atoms with Crippen LogP contribution in [0.4, 0.5) is 0 Å². The number of carbonyl (C=O) groups excluding carboxylic acids is 2. The zero-order chi connectivity index (χ0) is 20.6.